The second kappa shape index (κ2) is 10.3. The van der Waals surface area contributed by atoms with E-state index in [1.807, 2.05) is 62.4 Å². The van der Waals surface area contributed by atoms with Gasteiger partial charge in [0, 0.05) is 36.9 Å². The quantitative estimate of drug-likeness (QED) is 0.211. The largest absolute Gasteiger partial charge is 0.427 e. The zero-order chi connectivity index (χ0) is 27.9. The number of fused-ring (bicyclic) bond motifs is 3. The van der Waals surface area contributed by atoms with E-state index >= 15 is 0 Å². The van der Waals surface area contributed by atoms with Crippen LogP contribution in [-0.2, 0) is 4.65 Å². The van der Waals surface area contributed by atoms with E-state index in [0.717, 1.165) is 33.5 Å². The van der Waals surface area contributed by atoms with Crippen LogP contribution < -0.4 is 5.46 Å². The fraction of sp³-hybridized carbons (Fsp3) is 0.176. The third kappa shape index (κ3) is 5.06. The molecule has 0 spiro atoms. The molecule has 197 valence electrons. The average molecular weight is 542 g/mol. The second-order valence-electron chi connectivity index (χ2n) is 11.0. The molecule has 0 unspecified atom stereocenters. The molecule has 0 aliphatic rings. The van der Waals surface area contributed by atoms with E-state index in [1.54, 1.807) is 32.7 Å². The van der Waals surface area contributed by atoms with Gasteiger partial charge in [-0.05, 0) is 39.8 Å². The van der Waals surface area contributed by atoms with Crippen molar-refractivity contribution in [1.29, 1.82) is 0 Å². The Balaban J connectivity index is 1.45. The first kappa shape index (κ1) is 26.4. The minimum atomic E-state index is -0.977. The summed E-state index contributed by atoms with van der Waals surface area (Å²) in [5.41, 5.74) is 4.17. The van der Waals surface area contributed by atoms with Crippen molar-refractivity contribution in [2.24, 2.45) is 0 Å². The Morgan fingerprint density at radius 1 is 0.700 bits per heavy atom. The van der Waals surface area contributed by atoms with E-state index in [4.69, 9.17) is 14.6 Å². The standard InChI is InChI=1S/C34H30BN2O2S/c1-33(2,38)34(3,4)39-35-24-18-19-25-26-16-11-17-27(31(26)40-30(25)20-24)29-21-28(22-12-7-5-8-13-22)36-32(37-29)23-14-9-6-10-15-23/h5-21,38H,1-4H3. The monoisotopic (exact) mass is 541 g/mol. The lowest BCUT2D eigenvalue weighted by Gasteiger charge is -2.37. The first-order valence-corrected chi connectivity index (χ1v) is 14.2. The minimum absolute atomic E-state index is 0.707. The summed E-state index contributed by atoms with van der Waals surface area (Å²) in [6, 6.07) is 35.3. The van der Waals surface area contributed by atoms with Crippen LogP contribution in [0.1, 0.15) is 27.7 Å². The summed E-state index contributed by atoms with van der Waals surface area (Å²) in [4.78, 5) is 10.0. The van der Waals surface area contributed by atoms with Crippen molar-refractivity contribution in [1.82, 2.24) is 9.97 Å². The predicted octanol–water partition coefficient (Wildman–Crippen LogP) is 7.66. The molecule has 0 saturated heterocycles. The molecule has 0 saturated carbocycles. The van der Waals surface area contributed by atoms with Gasteiger partial charge >= 0.3 is 7.48 Å². The molecule has 0 amide bonds. The van der Waals surface area contributed by atoms with Crippen molar-refractivity contribution in [3.63, 3.8) is 0 Å². The number of aromatic nitrogens is 2. The Morgan fingerprint density at radius 2 is 1.38 bits per heavy atom. The van der Waals surface area contributed by atoms with Gasteiger partial charge in [-0.1, -0.05) is 96.5 Å². The topological polar surface area (TPSA) is 55.2 Å². The van der Waals surface area contributed by atoms with E-state index in [2.05, 4.69) is 54.6 Å². The highest BCUT2D eigenvalue weighted by Crippen LogP contribution is 2.40. The number of benzene rings is 4. The molecular weight excluding hydrogens is 511 g/mol. The summed E-state index contributed by atoms with van der Waals surface area (Å²) in [5.74, 6) is 0.707. The second-order valence-corrected chi connectivity index (χ2v) is 12.1. The lowest BCUT2D eigenvalue weighted by molar-refractivity contribution is -0.0893. The van der Waals surface area contributed by atoms with Gasteiger partial charge in [0.15, 0.2) is 5.82 Å². The zero-order valence-corrected chi connectivity index (χ0v) is 23.9. The Bertz CT molecular complexity index is 1750. The first-order valence-electron chi connectivity index (χ1n) is 13.4. The van der Waals surface area contributed by atoms with Gasteiger partial charge in [0.1, 0.15) is 0 Å². The fourth-order valence-corrected chi connectivity index (χ4v) is 5.78. The van der Waals surface area contributed by atoms with E-state index in [1.165, 1.54) is 20.2 Å². The van der Waals surface area contributed by atoms with Gasteiger partial charge in [0.25, 0.3) is 0 Å². The van der Waals surface area contributed by atoms with E-state index in [-0.39, 0.29) is 0 Å². The Morgan fingerprint density at radius 3 is 2.08 bits per heavy atom. The maximum atomic E-state index is 10.5. The molecule has 6 aromatic rings. The zero-order valence-electron chi connectivity index (χ0n) is 23.1. The van der Waals surface area contributed by atoms with E-state index in [0.29, 0.717) is 5.82 Å². The Hall–Kier alpha value is -3.84. The van der Waals surface area contributed by atoms with Crippen molar-refractivity contribution in [2.45, 2.75) is 38.9 Å². The molecule has 0 atom stereocenters. The maximum Gasteiger partial charge on any atom is 0.330 e. The van der Waals surface area contributed by atoms with Crippen LogP contribution in [0.4, 0.5) is 0 Å². The number of hydrogen-bond acceptors (Lipinski definition) is 5. The van der Waals surface area contributed by atoms with Gasteiger partial charge in [-0.15, -0.1) is 11.3 Å². The molecule has 2 heterocycles. The van der Waals surface area contributed by atoms with Gasteiger partial charge in [0.2, 0.25) is 0 Å². The molecule has 1 radical (unpaired) electrons. The number of aliphatic hydroxyl groups is 1. The number of thiophene rings is 1. The molecule has 0 aliphatic carbocycles. The van der Waals surface area contributed by atoms with Gasteiger partial charge in [-0.3, -0.25) is 0 Å². The third-order valence-corrected chi connectivity index (χ3v) is 8.79. The highest BCUT2D eigenvalue weighted by molar-refractivity contribution is 7.26. The van der Waals surface area contributed by atoms with E-state index < -0.39 is 11.2 Å². The van der Waals surface area contributed by atoms with Gasteiger partial charge in [-0.25, -0.2) is 9.97 Å². The maximum absolute atomic E-state index is 10.5. The molecular formula is C34H30BN2O2S. The molecule has 6 rings (SSSR count). The van der Waals surface area contributed by atoms with Crippen LogP contribution in [0.5, 0.6) is 0 Å². The summed E-state index contributed by atoms with van der Waals surface area (Å²) in [7, 11) is 1.74. The van der Waals surface area contributed by atoms with E-state index in [9.17, 15) is 5.11 Å². The number of rotatable bonds is 7. The van der Waals surface area contributed by atoms with Gasteiger partial charge in [0.05, 0.1) is 22.6 Å². The number of hydrogen-bond donors (Lipinski definition) is 1. The smallest absolute Gasteiger partial charge is 0.330 e. The van der Waals surface area contributed by atoms with Crippen LogP contribution >= 0.6 is 11.3 Å². The normalized spacial score (nSPS) is 12.2. The summed E-state index contributed by atoms with van der Waals surface area (Å²) in [5, 5.41) is 12.9. The predicted molar refractivity (Wildman–Crippen MR) is 168 cm³/mol. The van der Waals surface area contributed by atoms with Crippen molar-refractivity contribution in [2.75, 3.05) is 0 Å². The Kier molecular flexibility index (Phi) is 6.79. The van der Waals surface area contributed by atoms with Crippen LogP contribution in [0, 0.1) is 0 Å². The van der Waals surface area contributed by atoms with Crippen LogP contribution in [0.2, 0.25) is 0 Å². The third-order valence-electron chi connectivity index (χ3n) is 7.59. The number of nitrogens with zero attached hydrogens (tertiary/aromatic N) is 2. The van der Waals surface area contributed by atoms with Crippen LogP contribution in [0.15, 0.2) is 103 Å². The highest BCUT2D eigenvalue weighted by Gasteiger charge is 2.35. The van der Waals surface area contributed by atoms with Crippen molar-refractivity contribution in [3.8, 4) is 33.9 Å². The molecule has 0 fully saturated rings. The summed E-state index contributed by atoms with van der Waals surface area (Å²) in [6.45, 7) is 7.31. The molecule has 2 aromatic heterocycles. The molecule has 40 heavy (non-hydrogen) atoms. The lowest BCUT2D eigenvalue weighted by atomic mass is 9.82. The van der Waals surface area contributed by atoms with Crippen LogP contribution in [-0.4, -0.2) is 33.8 Å². The van der Waals surface area contributed by atoms with Crippen molar-refractivity contribution >= 4 is 44.5 Å². The van der Waals surface area contributed by atoms with Gasteiger partial charge < -0.3 is 9.76 Å². The fourth-order valence-electron chi connectivity index (χ4n) is 4.51. The van der Waals surface area contributed by atoms with Crippen LogP contribution in [0.25, 0.3) is 54.1 Å². The molecule has 6 heteroatoms. The lowest BCUT2D eigenvalue weighted by Crippen LogP contribution is -2.49. The minimum Gasteiger partial charge on any atom is -0.427 e. The first-order chi connectivity index (χ1) is 19.2. The highest BCUT2D eigenvalue weighted by atomic mass is 32.1. The van der Waals surface area contributed by atoms with Crippen molar-refractivity contribution in [3.05, 3.63) is 103 Å². The molecule has 1 N–H and O–H groups in total. The molecule has 4 aromatic carbocycles. The van der Waals surface area contributed by atoms with Crippen LogP contribution in [0.3, 0.4) is 0 Å². The van der Waals surface area contributed by atoms with Gasteiger partial charge in [-0.2, -0.15) is 0 Å². The average Bonchev–Trinajstić information content (AvgIpc) is 3.34. The molecule has 0 aliphatic heterocycles. The molecule has 0 bridgehead atoms. The summed E-state index contributed by atoms with van der Waals surface area (Å²) < 4.78 is 8.37. The summed E-state index contributed by atoms with van der Waals surface area (Å²) in [6.07, 6.45) is 0. The molecule has 4 nitrogen and oxygen atoms in total. The van der Waals surface area contributed by atoms with Crippen molar-refractivity contribution < 1.29 is 9.76 Å². The summed E-state index contributed by atoms with van der Waals surface area (Å²) >= 11 is 1.75. The Labute approximate surface area is 239 Å². The SMILES string of the molecule is CC(C)(O)C(C)(C)O[B]c1ccc2c(c1)sc1c(-c3cc(-c4ccccc4)nc(-c4ccccc4)n3)cccc12.